The number of nitrogens with zero attached hydrogens (tertiary/aromatic N) is 4. The number of carbonyl (C=O) groups is 10. The lowest BCUT2D eigenvalue weighted by molar-refractivity contribution is -0.149. The first-order valence-electron chi connectivity index (χ1n) is 46.1. The summed E-state index contributed by atoms with van der Waals surface area (Å²) in [6.07, 6.45) is 6.11. The maximum Gasteiger partial charge on any atom is 0.329 e. The van der Waals surface area contributed by atoms with E-state index in [1.54, 1.807) is 189 Å². The summed E-state index contributed by atoms with van der Waals surface area (Å²) in [6.45, 7) is 6.95. The number of nitrogens with one attached hydrogen (secondary N) is 4. The van der Waals surface area contributed by atoms with Crippen molar-refractivity contribution < 1.29 is 90.6 Å². The third kappa shape index (κ3) is 18.3. The van der Waals surface area contributed by atoms with Crippen LogP contribution < -0.4 is 35.5 Å². The van der Waals surface area contributed by atoms with E-state index in [1.165, 1.54) is 12.1 Å². The zero-order valence-electron chi connectivity index (χ0n) is 75.0. The molecular weight excluding hydrogens is 1750 g/mol. The number of imide groups is 2. The molecule has 13 aromatic carbocycles. The number of epoxide rings is 4. The molecule has 21 rings (SSSR count). The molecule has 6 aliphatic heterocycles. The number of esters is 2. The molecule has 6 unspecified atom stereocenters. The zero-order valence-corrected chi connectivity index (χ0v) is 75.0. The first-order chi connectivity index (χ1) is 67.4. The second-order valence-corrected chi connectivity index (χ2v) is 35.0. The van der Waals surface area contributed by atoms with Crippen LogP contribution in [0, 0.1) is 0 Å². The lowest BCUT2D eigenvalue weighted by Gasteiger charge is -2.35. The molecule has 4 N–H and O–H groups in total. The van der Waals surface area contributed by atoms with Crippen molar-refractivity contribution in [1.29, 1.82) is 0 Å². The first-order valence-corrected chi connectivity index (χ1v) is 46.1. The van der Waals surface area contributed by atoms with Gasteiger partial charge in [0, 0.05) is 129 Å². The smallest absolute Gasteiger partial charge is 0.329 e. The Bertz CT molecular complexity index is 6660. The van der Waals surface area contributed by atoms with Crippen molar-refractivity contribution in [3.63, 3.8) is 0 Å². The fourth-order valence-corrected chi connectivity index (χ4v) is 18.3. The molecule has 27 heteroatoms. The van der Waals surface area contributed by atoms with Gasteiger partial charge in [0.05, 0.1) is 80.7 Å². The van der Waals surface area contributed by atoms with Crippen molar-refractivity contribution in [2.75, 3.05) is 65.8 Å². The van der Waals surface area contributed by atoms with Gasteiger partial charge >= 0.3 is 11.9 Å². The molecular formula is C111H90N8O19. The second kappa shape index (κ2) is 37.9. The SMILES string of the molecule is CCCOC(=O)C(Cc1ccncc1)N1C(=O)c2cc(Cc3cccc(-c4cccc(C(=O)NCC5CO5)c4)c3)c3c4c(Oc5cccc(-c6cccc(C(=O)NCC7CO7)c6)c5)cc5c6c(cc(Oc7cccc(-c8cccc(C(=O)NCC9CO9)c8)c7)c(c7c(Oc8cccc(-c9cccc(C(=O)NCC%10CO%10)c9)c8)cc(c2c37)C1=O)c64)C(=O)N(C(Cc1ccncc1)C(=O)OCCC)C5=O. The van der Waals surface area contributed by atoms with Crippen molar-refractivity contribution in [2.45, 2.75) is 82.5 Å². The van der Waals surface area contributed by atoms with Crippen LogP contribution in [0.1, 0.15) is 132 Å². The maximum absolute atomic E-state index is 17.1. The highest BCUT2D eigenvalue weighted by Gasteiger charge is 2.48. The van der Waals surface area contributed by atoms with E-state index in [2.05, 4.69) is 31.2 Å². The van der Waals surface area contributed by atoms with Crippen molar-refractivity contribution >= 4 is 102 Å². The van der Waals surface area contributed by atoms with Gasteiger partial charge in [0.1, 0.15) is 46.6 Å². The molecule has 0 saturated carbocycles. The van der Waals surface area contributed by atoms with Gasteiger partial charge in [-0.2, -0.15) is 0 Å². The van der Waals surface area contributed by atoms with E-state index in [-0.39, 0.29) is 175 Å². The molecule has 0 radical (unpaired) electrons. The standard InChI is InChI=1S/C111H90N8O19/c1-3-37-130-110(128)89(41-62-29-33-112-34-30-62)118-106(124)85-50-77(40-64-13-5-14-65(39-64)66-15-6-22-73(43-66)102(120)114-54-81-58-132-81)94-97-91(136-78-26-10-19-70(47-78)67-16-7-23-74(44-67)103(121)115-55-82-59-133-82)51-87-96-88(109(127)119(108(87)126)90(111(129)131-38-4-2)42-63-31-35-113-36-32-63)53-93(138-80-28-12-21-72(49-80)69-18-9-25-76(46-69)105(123)117-57-84-61-135-84)99(101(96)97)98-92(52-86(107(118)125)95(85)100(94)98)137-79-27-11-20-71(48-79)68-17-8-24-75(45-68)104(122)116-56-83-60-134-83/h5-36,39,43-53,81-84,89-90H,3-4,37-38,40-42,54-61H2,1-2H3,(H,114,120)(H,115,121)(H,116,122)(H,117,123). The number of fused-ring (bicyclic) bond motifs is 2. The van der Waals surface area contributed by atoms with Crippen molar-refractivity contribution in [3.8, 4) is 79.0 Å². The highest BCUT2D eigenvalue weighted by molar-refractivity contribution is 6.45. The topological polar surface area (TPSA) is 347 Å². The van der Waals surface area contributed by atoms with Gasteiger partial charge in [0.25, 0.3) is 47.3 Å². The van der Waals surface area contributed by atoms with E-state index in [4.69, 9.17) is 42.6 Å². The molecule has 4 fully saturated rings. The second-order valence-electron chi connectivity index (χ2n) is 35.0. The van der Waals surface area contributed by atoms with Crippen LogP contribution in [-0.2, 0) is 57.3 Å². The molecule has 15 aromatic rings. The number of pyridine rings is 2. The highest BCUT2D eigenvalue weighted by atomic mass is 16.6. The van der Waals surface area contributed by atoms with Crippen LogP contribution in [0.2, 0.25) is 0 Å². The van der Waals surface area contributed by atoms with E-state index < -0.39 is 47.7 Å². The number of ether oxygens (including phenoxy) is 9. The van der Waals surface area contributed by atoms with Crippen LogP contribution in [-0.4, -0.2) is 181 Å². The fraction of sp³-hybridized carbons (Fsp3) is 0.207. The lowest BCUT2D eigenvalue weighted by atomic mass is 9.78. The van der Waals surface area contributed by atoms with Crippen molar-refractivity contribution in [1.82, 2.24) is 41.0 Å². The molecule has 6 aliphatic rings. The maximum atomic E-state index is 17.1. The largest absolute Gasteiger partial charge is 0.464 e. The van der Waals surface area contributed by atoms with Crippen LogP contribution in [0.25, 0.3) is 87.6 Å². The molecule has 0 bridgehead atoms. The number of rotatable bonds is 36. The normalized spacial score (nSPS) is 16.4. The number of hydrogen-bond acceptors (Lipinski definition) is 21. The molecule has 8 heterocycles. The minimum atomic E-state index is -1.62. The number of hydrogen-bond donors (Lipinski definition) is 4. The van der Waals surface area contributed by atoms with E-state index in [1.807, 2.05) is 80.6 Å². The van der Waals surface area contributed by atoms with Crippen LogP contribution in [0.3, 0.4) is 0 Å². The minimum Gasteiger partial charge on any atom is -0.464 e. The Labute approximate surface area is 791 Å². The van der Waals surface area contributed by atoms with Crippen molar-refractivity contribution in [3.05, 3.63) is 334 Å². The van der Waals surface area contributed by atoms with Crippen LogP contribution >= 0.6 is 0 Å². The molecule has 8 amide bonds. The molecule has 6 atom stereocenters. The predicted molar refractivity (Wildman–Crippen MR) is 513 cm³/mol. The molecule has 2 aromatic heterocycles. The molecule has 27 nitrogen and oxygen atoms in total. The monoisotopic (exact) mass is 1840 g/mol. The summed E-state index contributed by atoms with van der Waals surface area (Å²) in [4.78, 5) is 165. The number of amides is 8. The Balaban J connectivity index is 0.868. The van der Waals surface area contributed by atoms with Gasteiger partial charge in [-0.3, -0.25) is 58.1 Å². The van der Waals surface area contributed by atoms with Crippen LogP contribution in [0.4, 0.5) is 0 Å². The molecule has 0 spiro atoms. The molecule has 4 saturated heterocycles. The van der Waals surface area contributed by atoms with Gasteiger partial charge in [-0.1, -0.05) is 123 Å². The number of aromatic nitrogens is 2. The number of carbonyl (C=O) groups excluding carboxylic acids is 10. The zero-order chi connectivity index (χ0) is 94.3. The average molecular weight is 1840 g/mol. The Kier molecular flexibility index (Phi) is 24.3. The summed E-state index contributed by atoms with van der Waals surface area (Å²) in [5.74, 6) is -6.27. The summed E-state index contributed by atoms with van der Waals surface area (Å²) in [5.41, 5.74) is 8.20. The Morgan fingerprint density at radius 2 is 0.623 bits per heavy atom. The summed E-state index contributed by atoms with van der Waals surface area (Å²) in [7, 11) is 0. The Hall–Kier alpha value is -16.2. The van der Waals surface area contributed by atoms with Gasteiger partial charge in [-0.15, -0.1) is 0 Å². The number of benzene rings is 13. The summed E-state index contributed by atoms with van der Waals surface area (Å²) < 4.78 is 56.7. The summed E-state index contributed by atoms with van der Waals surface area (Å²) in [6, 6.07) is 67.3. The molecule has 0 aliphatic carbocycles. The molecule has 138 heavy (non-hydrogen) atoms. The summed E-state index contributed by atoms with van der Waals surface area (Å²) in [5, 5.41) is 13.2. The lowest BCUT2D eigenvalue weighted by Crippen LogP contribution is -2.52. The van der Waals surface area contributed by atoms with Crippen LogP contribution in [0.15, 0.2) is 267 Å². The predicted octanol–water partition coefficient (Wildman–Crippen LogP) is 17.0. The fourth-order valence-electron chi connectivity index (χ4n) is 18.3. The van der Waals surface area contributed by atoms with Gasteiger partial charge in [-0.25, -0.2) is 9.59 Å². The quantitative estimate of drug-likeness (QED) is 0.00931. The van der Waals surface area contributed by atoms with E-state index in [0.717, 1.165) is 9.80 Å². The Morgan fingerprint density at radius 1 is 0.333 bits per heavy atom. The minimum absolute atomic E-state index is 0.0327. The van der Waals surface area contributed by atoms with Gasteiger partial charge in [0.2, 0.25) is 0 Å². The third-order valence-corrected chi connectivity index (χ3v) is 25.4. The van der Waals surface area contributed by atoms with Crippen molar-refractivity contribution in [2.24, 2.45) is 0 Å². The van der Waals surface area contributed by atoms with Gasteiger partial charge < -0.3 is 63.9 Å². The van der Waals surface area contributed by atoms with Crippen LogP contribution in [0.5, 0.6) is 34.5 Å². The van der Waals surface area contributed by atoms with E-state index in [0.29, 0.717) is 160 Å². The van der Waals surface area contributed by atoms with Gasteiger partial charge in [-0.05, 0) is 225 Å². The first kappa shape index (κ1) is 88.4. The third-order valence-electron chi connectivity index (χ3n) is 25.4. The Morgan fingerprint density at radius 3 is 0.949 bits per heavy atom. The van der Waals surface area contributed by atoms with E-state index >= 15 is 28.8 Å². The highest BCUT2D eigenvalue weighted by Crippen LogP contribution is 2.58. The average Bonchev–Trinajstić information content (AvgIpc) is 1.40. The summed E-state index contributed by atoms with van der Waals surface area (Å²) >= 11 is 0. The van der Waals surface area contributed by atoms with E-state index in [9.17, 15) is 19.2 Å². The molecule has 688 valence electrons. The van der Waals surface area contributed by atoms with Gasteiger partial charge in [0.15, 0.2) is 0 Å².